The van der Waals surface area contributed by atoms with Crippen LogP contribution >= 0.6 is 0 Å². The van der Waals surface area contributed by atoms with Gasteiger partial charge < -0.3 is 19.3 Å². The van der Waals surface area contributed by atoms with Gasteiger partial charge in [0.25, 0.3) is 0 Å². The summed E-state index contributed by atoms with van der Waals surface area (Å²) in [7, 11) is 3.18. The van der Waals surface area contributed by atoms with E-state index in [2.05, 4.69) is 4.98 Å². The Morgan fingerprint density at radius 3 is 2.55 bits per heavy atom. The first-order valence-electron chi connectivity index (χ1n) is 13.8. The molecule has 0 amide bonds. The van der Waals surface area contributed by atoms with E-state index >= 15 is 8.78 Å². The second-order valence-electron chi connectivity index (χ2n) is 11.0. The van der Waals surface area contributed by atoms with E-state index in [-0.39, 0.29) is 36.0 Å². The van der Waals surface area contributed by atoms with Crippen molar-refractivity contribution in [3.63, 3.8) is 0 Å². The van der Waals surface area contributed by atoms with Gasteiger partial charge in [-0.3, -0.25) is 4.79 Å². The molecule has 1 heterocycles. The first-order chi connectivity index (χ1) is 19.3. The number of rotatable bonds is 12. The van der Waals surface area contributed by atoms with Crippen LogP contribution in [0.25, 0.3) is 11.1 Å². The zero-order chi connectivity index (χ0) is 28.3. The number of pyridine rings is 1. The molecule has 0 saturated heterocycles. The lowest BCUT2D eigenvalue weighted by Crippen LogP contribution is -2.29. The molecule has 0 aliphatic heterocycles. The van der Waals surface area contributed by atoms with Crippen molar-refractivity contribution in [1.82, 2.24) is 4.98 Å². The summed E-state index contributed by atoms with van der Waals surface area (Å²) in [4.78, 5) is 15.4. The summed E-state index contributed by atoms with van der Waals surface area (Å²) in [5.41, 5.74) is 3.03. The molecule has 212 valence electrons. The van der Waals surface area contributed by atoms with Crippen LogP contribution in [0.1, 0.15) is 67.6 Å². The molecule has 40 heavy (non-hydrogen) atoms. The van der Waals surface area contributed by atoms with Crippen LogP contribution in [0.4, 0.5) is 8.78 Å². The van der Waals surface area contributed by atoms with E-state index in [0.717, 1.165) is 55.2 Å². The number of methoxy groups -OCH3 is 2. The van der Waals surface area contributed by atoms with Gasteiger partial charge in [0.1, 0.15) is 12.4 Å². The summed E-state index contributed by atoms with van der Waals surface area (Å²) in [5, 5.41) is 9.36. The van der Waals surface area contributed by atoms with Crippen LogP contribution in [0.15, 0.2) is 48.7 Å². The summed E-state index contributed by atoms with van der Waals surface area (Å²) in [6.07, 6.45) is 6.78. The zero-order valence-electron chi connectivity index (χ0n) is 22.9. The molecule has 2 aliphatic rings. The molecule has 2 saturated carbocycles. The summed E-state index contributed by atoms with van der Waals surface area (Å²) >= 11 is 0. The largest absolute Gasteiger partial charge is 0.486 e. The number of carboxylic acids is 1. The van der Waals surface area contributed by atoms with Gasteiger partial charge in [-0.15, -0.1) is 0 Å². The summed E-state index contributed by atoms with van der Waals surface area (Å²) < 4.78 is 47.5. The molecule has 2 aromatic carbocycles. The van der Waals surface area contributed by atoms with Gasteiger partial charge in [-0.25, -0.2) is 13.8 Å². The number of nitrogens with zero attached hydrogens (tertiary/aromatic N) is 1. The highest BCUT2D eigenvalue weighted by Gasteiger charge is 2.38. The van der Waals surface area contributed by atoms with Crippen molar-refractivity contribution in [3.8, 4) is 22.8 Å². The number of hydrogen-bond donors (Lipinski definition) is 1. The van der Waals surface area contributed by atoms with Crippen molar-refractivity contribution >= 4 is 5.97 Å². The highest BCUT2D eigenvalue weighted by molar-refractivity contribution is 5.71. The minimum atomic E-state index is -0.935. The number of ether oxygens (including phenoxy) is 3. The van der Waals surface area contributed by atoms with Crippen LogP contribution in [0.3, 0.4) is 0 Å². The third kappa shape index (κ3) is 5.82. The third-order valence-electron chi connectivity index (χ3n) is 8.34. The first kappa shape index (κ1) is 28.0. The molecule has 2 aliphatic carbocycles. The van der Waals surface area contributed by atoms with E-state index in [1.54, 1.807) is 31.4 Å². The lowest BCUT2D eigenvalue weighted by atomic mass is 9.75. The van der Waals surface area contributed by atoms with Crippen molar-refractivity contribution in [2.24, 2.45) is 5.92 Å². The second kappa shape index (κ2) is 11.9. The molecule has 1 aromatic heterocycles. The number of carbonyl (C=O) groups is 1. The Bertz CT molecular complexity index is 1370. The van der Waals surface area contributed by atoms with Gasteiger partial charge in [-0.1, -0.05) is 43.2 Å². The molecule has 6 nitrogen and oxygen atoms in total. The fraction of sp³-hybridized carbons (Fsp3) is 0.438. The average molecular weight is 552 g/mol. The van der Waals surface area contributed by atoms with E-state index in [0.29, 0.717) is 23.6 Å². The van der Waals surface area contributed by atoms with Gasteiger partial charge in [-0.05, 0) is 59.9 Å². The molecule has 0 unspecified atom stereocenters. The molecule has 1 N–H and O–H groups in total. The monoisotopic (exact) mass is 551 g/mol. The minimum Gasteiger partial charge on any atom is -0.486 e. The SMILES string of the molecule is COCC1(c2cc(COc3cccc([C@H](CC(=O)O)C4CC4)c3F)ccc2-c2cc(OC)ncc2F)CCCC1. The van der Waals surface area contributed by atoms with E-state index in [9.17, 15) is 9.90 Å². The molecule has 5 rings (SSSR count). The number of benzene rings is 2. The van der Waals surface area contributed by atoms with E-state index < -0.39 is 17.6 Å². The van der Waals surface area contributed by atoms with Crippen LogP contribution in [0.5, 0.6) is 11.6 Å². The Hall–Kier alpha value is -3.52. The van der Waals surface area contributed by atoms with Gasteiger partial charge in [0.05, 0.1) is 26.3 Å². The fourth-order valence-corrected chi connectivity index (χ4v) is 6.22. The van der Waals surface area contributed by atoms with Crippen molar-refractivity contribution in [2.45, 2.75) is 62.9 Å². The second-order valence-corrected chi connectivity index (χ2v) is 11.0. The first-order valence-corrected chi connectivity index (χ1v) is 13.8. The average Bonchev–Trinajstić information content (AvgIpc) is 3.69. The predicted octanol–water partition coefficient (Wildman–Crippen LogP) is 7.04. The topological polar surface area (TPSA) is 77.9 Å². The quantitative estimate of drug-likeness (QED) is 0.260. The number of aromatic nitrogens is 1. The van der Waals surface area contributed by atoms with Crippen LogP contribution in [-0.2, 0) is 21.6 Å². The number of carboxylic acid groups (broad SMARTS) is 1. The van der Waals surface area contributed by atoms with Crippen molar-refractivity contribution in [1.29, 1.82) is 0 Å². The molecular weight excluding hydrogens is 516 g/mol. The van der Waals surface area contributed by atoms with Gasteiger partial charge in [0.2, 0.25) is 5.88 Å². The lowest BCUT2D eigenvalue weighted by Gasteiger charge is -2.32. The summed E-state index contributed by atoms with van der Waals surface area (Å²) in [5.74, 6) is -1.64. The van der Waals surface area contributed by atoms with E-state index in [1.807, 2.05) is 18.2 Å². The van der Waals surface area contributed by atoms with Crippen LogP contribution in [0, 0.1) is 17.6 Å². The Kier molecular flexibility index (Phi) is 8.35. The minimum absolute atomic E-state index is 0.0940. The maximum Gasteiger partial charge on any atom is 0.303 e. The summed E-state index contributed by atoms with van der Waals surface area (Å²) in [6, 6.07) is 12.3. The normalized spacial score (nSPS) is 17.0. The summed E-state index contributed by atoms with van der Waals surface area (Å²) in [6.45, 7) is 0.600. The molecule has 0 bridgehead atoms. The van der Waals surface area contributed by atoms with E-state index in [4.69, 9.17) is 14.2 Å². The molecule has 3 aromatic rings. The highest BCUT2D eigenvalue weighted by Crippen LogP contribution is 2.47. The third-order valence-corrected chi connectivity index (χ3v) is 8.34. The molecule has 0 spiro atoms. The Labute approximate surface area is 233 Å². The molecule has 1 atom stereocenters. The Morgan fingerprint density at radius 2 is 1.88 bits per heavy atom. The smallest absolute Gasteiger partial charge is 0.303 e. The maximum atomic E-state index is 15.6. The Morgan fingerprint density at radius 1 is 1.10 bits per heavy atom. The van der Waals surface area contributed by atoms with Gasteiger partial charge in [0.15, 0.2) is 11.6 Å². The molecule has 2 fully saturated rings. The van der Waals surface area contributed by atoms with Crippen molar-refractivity contribution in [2.75, 3.05) is 20.8 Å². The van der Waals surface area contributed by atoms with Crippen LogP contribution in [0.2, 0.25) is 0 Å². The lowest BCUT2D eigenvalue weighted by molar-refractivity contribution is -0.137. The van der Waals surface area contributed by atoms with Crippen molar-refractivity contribution < 1.29 is 32.9 Å². The van der Waals surface area contributed by atoms with Crippen LogP contribution < -0.4 is 9.47 Å². The van der Waals surface area contributed by atoms with Crippen LogP contribution in [-0.4, -0.2) is 36.9 Å². The molecule has 8 heteroatoms. The standard InChI is InChI=1S/C32H35F2NO5/c1-38-19-32(12-3-4-13-32)26-14-20(8-11-22(26)25-15-29(39-2)35-17-27(25)33)18-40-28-7-5-6-23(31(28)34)24(16-30(36)37)21-9-10-21/h5-8,11,14-15,17,21,24H,3-4,9-10,12-13,16,18-19H2,1-2H3,(H,36,37)/t24-/m1/s1. The highest BCUT2D eigenvalue weighted by atomic mass is 19.1. The molecular formula is C32H35F2NO5. The van der Waals surface area contributed by atoms with Crippen molar-refractivity contribution in [3.05, 3.63) is 77.0 Å². The van der Waals surface area contributed by atoms with E-state index in [1.165, 1.54) is 13.3 Å². The maximum absolute atomic E-state index is 15.6. The van der Waals surface area contributed by atoms with Gasteiger partial charge in [-0.2, -0.15) is 0 Å². The number of aliphatic carboxylic acids is 1. The fourth-order valence-electron chi connectivity index (χ4n) is 6.22. The van der Waals surface area contributed by atoms with Gasteiger partial charge in [0, 0.05) is 30.1 Å². The Balaban J connectivity index is 1.48. The number of halogens is 2. The predicted molar refractivity (Wildman–Crippen MR) is 147 cm³/mol. The number of hydrogen-bond acceptors (Lipinski definition) is 5. The molecule has 0 radical (unpaired) electrons. The zero-order valence-corrected chi connectivity index (χ0v) is 22.9. The van der Waals surface area contributed by atoms with Gasteiger partial charge >= 0.3 is 5.97 Å².